The summed E-state index contributed by atoms with van der Waals surface area (Å²) in [5.74, 6) is -0.226. The van der Waals surface area contributed by atoms with Crippen molar-refractivity contribution in [3.63, 3.8) is 0 Å². The molecule has 0 radical (unpaired) electrons. The second-order valence-corrected chi connectivity index (χ2v) is 7.54. The Morgan fingerprint density at radius 1 is 0.933 bits per heavy atom. The summed E-state index contributed by atoms with van der Waals surface area (Å²) in [5, 5.41) is 5.52. The SMILES string of the molecule is Cc1ccc(CN(C)C(=O)c2nn(-c3ccccc3)c(=O)c3ccccc23)c(C)c1. The quantitative estimate of drug-likeness (QED) is 0.517. The topological polar surface area (TPSA) is 55.2 Å². The number of carbonyl (C=O) groups excluding carboxylic acids is 1. The van der Waals surface area contributed by atoms with Crippen LogP contribution in [0.3, 0.4) is 0 Å². The molecular weight excluding hydrogens is 374 g/mol. The van der Waals surface area contributed by atoms with Crippen LogP contribution in [0.2, 0.25) is 0 Å². The van der Waals surface area contributed by atoms with Gasteiger partial charge in [0.2, 0.25) is 0 Å². The van der Waals surface area contributed by atoms with Crippen LogP contribution in [0.25, 0.3) is 16.5 Å². The molecule has 150 valence electrons. The lowest BCUT2D eigenvalue weighted by atomic mass is 10.1. The van der Waals surface area contributed by atoms with Gasteiger partial charge in [-0.3, -0.25) is 9.59 Å². The lowest BCUT2D eigenvalue weighted by Gasteiger charge is -2.20. The highest BCUT2D eigenvalue weighted by Crippen LogP contribution is 2.19. The Hall–Kier alpha value is -3.73. The molecule has 0 spiro atoms. The molecule has 30 heavy (non-hydrogen) atoms. The fourth-order valence-corrected chi connectivity index (χ4v) is 3.62. The van der Waals surface area contributed by atoms with Gasteiger partial charge in [0.15, 0.2) is 5.69 Å². The summed E-state index contributed by atoms with van der Waals surface area (Å²) in [7, 11) is 1.76. The zero-order valence-electron chi connectivity index (χ0n) is 17.3. The average molecular weight is 397 g/mol. The minimum atomic E-state index is -0.245. The van der Waals surface area contributed by atoms with Gasteiger partial charge in [-0.25, -0.2) is 0 Å². The first kappa shape index (κ1) is 19.6. The van der Waals surface area contributed by atoms with Gasteiger partial charge in [0.1, 0.15) is 0 Å². The first-order chi connectivity index (χ1) is 14.5. The van der Waals surface area contributed by atoms with E-state index in [4.69, 9.17) is 0 Å². The smallest absolute Gasteiger partial charge is 0.279 e. The van der Waals surface area contributed by atoms with Gasteiger partial charge in [0, 0.05) is 19.0 Å². The van der Waals surface area contributed by atoms with Crippen molar-refractivity contribution in [3.8, 4) is 5.69 Å². The van der Waals surface area contributed by atoms with Crippen LogP contribution in [-0.4, -0.2) is 27.6 Å². The highest BCUT2D eigenvalue weighted by atomic mass is 16.2. The van der Waals surface area contributed by atoms with Crippen LogP contribution in [-0.2, 0) is 6.54 Å². The molecule has 5 nitrogen and oxygen atoms in total. The number of aromatic nitrogens is 2. The summed E-state index contributed by atoms with van der Waals surface area (Å²) in [6.45, 7) is 4.56. The normalized spacial score (nSPS) is 10.9. The maximum atomic E-state index is 13.4. The zero-order valence-corrected chi connectivity index (χ0v) is 17.3. The highest BCUT2D eigenvalue weighted by Gasteiger charge is 2.21. The summed E-state index contributed by atoms with van der Waals surface area (Å²) >= 11 is 0. The van der Waals surface area contributed by atoms with Crippen molar-refractivity contribution in [2.75, 3.05) is 7.05 Å². The first-order valence-corrected chi connectivity index (χ1v) is 9.85. The molecule has 3 aromatic carbocycles. The lowest BCUT2D eigenvalue weighted by Crippen LogP contribution is -2.31. The van der Waals surface area contributed by atoms with Gasteiger partial charge < -0.3 is 4.90 Å². The predicted octanol–water partition coefficient (Wildman–Crippen LogP) is 4.27. The standard InChI is InChI=1S/C25H23N3O2/c1-17-13-14-19(18(2)15-17)16-27(3)25(30)23-21-11-7-8-12-22(21)24(29)28(26-23)20-9-5-4-6-10-20/h4-15H,16H2,1-3H3. The van der Waals surface area contributed by atoms with Crippen molar-refractivity contribution in [2.24, 2.45) is 0 Å². The minimum Gasteiger partial charge on any atom is -0.336 e. The number of hydrogen-bond donors (Lipinski definition) is 0. The second kappa shape index (κ2) is 7.95. The Morgan fingerprint density at radius 2 is 1.60 bits per heavy atom. The Bertz CT molecular complexity index is 1290. The molecule has 0 bridgehead atoms. The van der Waals surface area contributed by atoms with Crippen molar-refractivity contribution < 1.29 is 4.79 Å². The number of rotatable bonds is 4. The largest absolute Gasteiger partial charge is 0.336 e. The third-order valence-corrected chi connectivity index (χ3v) is 5.26. The number of amides is 1. The van der Waals surface area contributed by atoms with Gasteiger partial charge >= 0.3 is 0 Å². The number of hydrogen-bond acceptors (Lipinski definition) is 3. The van der Waals surface area contributed by atoms with Crippen LogP contribution in [0.5, 0.6) is 0 Å². The molecular formula is C25H23N3O2. The summed E-state index contributed by atoms with van der Waals surface area (Å²) in [4.78, 5) is 28.0. The molecule has 4 rings (SSSR count). The summed E-state index contributed by atoms with van der Waals surface area (Å²) in [6.07, 6.45) is 0. The molecule has 0 fully saturated rings. The summed E-state index contributed by atoms with van der Waals surface area (Å²) in [6, 6.07) is 22.5. The van der Waals surface area contributed by atoms with E-state index in [1.54, 1.807) is 42.3 Å². The number of aryl methyl sites for hydroxylation is 2. The van der Waals surface area contributed by atoms with E-state index < -0.39 is 0 Å². The second-order valence-electron chi connectivity index (χ2n) is 7.54. The lowest BCUT2D eigenvalue weighted by molar-refractivity contribution is 0.0779. The molecule has 0 atom stereocenters. The van der Waals surface area contributed by atoms with Crippen molar-refractivity contribution in [1.82, 2.24) is 14.7 Å². The molecule has 0 aliphatic heterocycles. The Labute approximate surface area is 175 Å². The van der Waals surface area contributed by atoms with Gasteiger partial charge in [-0.2, -0.15) is 9.78 Å². The van der Waals surface area contributed by atoms with Crippen LogP contribution in [0.15, 0.2) is 77.6 Å². The Balaban J connectivity index is 1.80. The third kappa shape index (κ3) is 3.62. The number of nitrogens with zero attached hydrogens (tertiary/aromatic N) is 3. The van der Waals surface area contributed by atoms with E-state index >= 15 is 0 Å². The minimum absolute atomic E-state index is 0.226. The van der Waals surface area contributed by atoms with Crippen molar-refractivity contribution >= 4 is 16.7 Å². The van der Waals surface area contributed by atoms with Crippen molar-refractivity contribution in [2.45, 2.75) is 20.4 Å². The number of fused-ring (bicyclic) bond motifs is 1. The van der Waals surface area contributed by atoms with E-state index in [2.05, 4.69) is 18.1 Å². The average Bonchev–Trinajstić information content (AvgIpc) is 2.76. The van der Waals surface area contributed by atoms with Gasteiger partial charge in [-0.15, -0.1) is 0 Å². The Kier molecular flexibility index (Phi) is 5.19. The fraction of sp³-hybridized carbons (Fsp3) is 0.160. The van der Waals surface area contributed by atoms with Gasteiger partial charge in [-0.1, -0.05) is 60.2 Å². The van der Waals surface area contributed by atoms with E-state index in [0.29, 0.717) is 23.0 Å². The molecule has 1 amide bonds. The number of benzene rings is 3. The molecule has 0 aliphatic carbocycles. The maximum Gasteiger partial charge on any atom is 0.279 e. The fourth-order valence-electron chi connectivity index (χ4n) is 3.62. The van der Waals surface area contributed by atoms with E-state index in [0.717, 1.165) is 11.1 Å². The molecule has 0 unspecified atom stereocenters. The van der Waals surface area contributed by atoms with Crippen molar-refractivity contribution in [3.05, 3.63) is 106 Å². The first-order valence-electron chi connectivity index (χ1n) is 9.85. The van der Waals surface area contributed by atoms with E-state index in [1.165, 1.54) is 10.2 Å². The summed E-state index contributed by atoms with van der Waals surface area (Å²) < 4.78 is 1.31. The monoisotopic (exact) mass is 397 g/mol. The van der Waals surface area contributed by atoms with Crippen LogP contribution in [0.4, 0.5) is 0 Å². The van der Waals surface area contributed by atoms with E-state index in [1.807, 2.05) is 43.3 Å². The van der Waals surface area contributed by atoms with Crippen LogP contribution >= 0.6 is 0 Å². The van der Waals surface area contributed by atoms with Gasteiger partial charge in [-0.05, 0) is 43.2 Å². The van der Waals surface area contributed by atoms with Gasteiger partial charge in [0.05, 0.1) is 11.1 Å². The van der Waals surface area contributed by atoms with E-state index in [9.17, 15) is 9.59 Å². The summed E-state index contributed by atoms with van der Waals surface area (Å²) in [5.41, 5.74) is 4.05. The van der Waals surface area contributed by atoms with Gasteiger partial charge in [0.25, 0.3) is 11.5 Å². The number of para-hydroxylation sites is 1. The van der Waals surface area contributed by atoms with Crippen molar-refractivity contribution in [1.29, 1.82) is 0 Å². The molecule has 0 aliphatic rings. The highest BCUT2D eigenvalue weighted by molar-refractivity contribution is 6.04. The number of carbonyl (C=O) groups is 1. The molecule has 5 heteroatoms. The van der Waals surface area contributed by atoms with Crippen LogP contribution < -0.4 is 5.56 Å². The molecule has 0 saturated carbocycles. The van der Waals surface area contributed by atoms with E-state index in [-0.39, 0.29) is 17.2 Å². The molecule has 0 N–H and O–H groups in total. The van der Waals surface area contributed by atoms with Crippen LogP contribution in [0.1, 0.15) is 27.2 Å². The molecule has 1 heterocycles. The molecule has 1 aromatic heterocycles. The zero-order chi connectivity index (χ0) is 21.3. The maximum absolute atomic E-state index is 13.4. The molecule has 4 aromatic rings. The third-order valence-electron chi connectivity index (χ3n) is 5.26. The Morgan fingerprint density at radius 3 is 2.30 bits per heavy atom. The predicted molar refractivity (Wildman–Crippen MR) is 119 cm³/mol. The molecule has 0 saturated heterocycles. The van der Waals surface area contributed by atoms with Crippen LogP contribution in [0, 0.1) is 13.8 Å².